The number of aliphatic hydroxyl groups is 1. The van der Waals surface area contributed by atoms with Crippen LogP contribution in [-0.2, 0) is 10.0 Å². The molecule has 0 aliphatic carbocycles. The second-order valence-electron chi connectivity index (χ2n) is 4.18. The molecule has 1 aliphatic heterocycles. The first-order valence-corrected chi connectivity index (χ1v) is 7.26. The second-order valence-corrected chi connectivity index (χ2v) is 6.49. The Morgan fingerprint density at radius 1 is 1.47 bits per heavy atom. The zero-order chi connectivity index (χ0) is 14.2. The maximum atomic E-state index is 12.2. The van der Waals surface area contributed by atoms with Gasteiger partial charge in [-0.2, -0.15) is 4.31 Å². The molecule has 1 aliphatic rings. The van der Waals surface area contributed by atoms with Crippen molar-refractivity contribution in [3.8, 4) is 0 Å². The standard InChI is InChI=1S/C10H11ClN2O5S/c11-9-5-7(13(15)16)1-2-10(9)19(17,18)12-4-3-8(14)6-12/h1-2,5,8,14H,3-4,6H2. The molecule has 0 amide bonds. The number of aliphatic hydroxyl groups excluding tert-OH is 1. The molecule has 104 valence electrons. The molecule has 0 radical (unpaired) electrons. The van der Waals surface area contributed by atoms with E-state index in [2.05, 4.69) is 0 Å². The molecule has 1 N–H and O–H groups in total. The highest BCUT2D eigenvalue weighted by Gasteiger charge is 2.33. The molecule has 2 rings (SSSR count). The van der Waals surface area contributed by atoms with Crippen LogP contribution in [0.2, 0.25) is 5.02 Å². The van der Waals surface area contributed by atoms with Crippen LogP contribution < -0.4 is 0 Å². The summed E-state index contributed by atoms with van der Waals surface area (Å²) in [5.74, 6) is 0. The Labute approximate surface area is 114 Å². The van der Waals surface area contributed by atoms with Gasteiger partial charge in [-0.1, -0.05) is 11.6 Å². The number of hydrogen-bond donors (Lipinski definition) is 1. The highest BCUT2D eigenvalue weighted by atomic mass is 35.5. The Kier molecular flexibility index (Phi) is 3.77. The van der Waals surface area contributed by atoms with Crippen LogP contribution in [0.1, 0.15) is 6.42 Å². The number of rotatable bonds is 3. The fourth-order valence-electron chi connectivity index (χ4n) is 1.88. The fraction of sp³-hybridized carbons (Fsp3) is 0.400. The fourth-order valence-corrected chi connectivity index (χ4v) is 3.89. The maximum Gasteiger partial charge on any atom is 0.271 e. The minimum absolute atomic E-state index is 0.00957. The van der Waals surface area contributed by atoms with Crippen LogP contribution in [0, 0.1) is 10.1 Å². The van der Waals surface area contributed by atoms with E-state index in [-0.39, 0.29) is 28.7 Å². The van der Waals surface area contributed by atoms with Crippen molar-refractivity contribution in [1.82, 2.24) is 4.31 Å². The molecule has 1 aromatic carbocycles. The normalized spacial score (nSPS) is 20.6. The second kappa shape index (κ2) is 5.04. The van der Waals surface area contributed by atoms with Crippen LogP contribution in [0.5, 0.6) is 0 Å². The van der Waals surface area contributed by atoms with Gasteiger partial charge >= 0.3 is 0 Å². The van der Waals surface area contributed by atoms with Gasteiger partial charge in [0.1, 0.15) is 4.90 Å². The number of benzene rings is 1. The van der Waals surface area contributed by atoms with Crippen molar-refractivity contribution >= 4 is 27.3 Å². The number of halogens is 1. The molecule has 1 heterocycles. The Balaban J connectivity index is 2.38. The van der Waals surface area contributed by atoms with E-state index in [1.165, 1.54) is 0 Å². The Morgan fingerprint density at radius 3 is 2.63 bits per heavy atom. The number of β-amino-alcohol motifs (C(OH)–C–C–N with tert-alkyl or cyclic N) is 1. The van der Waals surface area contributed by atoms with E-state index >= 15 is 0 Å². The lowest BCUT2D eigenvalue weighted by Gasteiger charge is -2.16. The first-order chi connectivity index (χ1) is 8.82. The van der Waals surface area contributed by atoms with Gasteiger partial charge in [0, 0.05) is 25.2 Å². The summed E-state index contributed by atoms with van der Waals surface area (Å²) in [4.78, 5) is 9.73. The van der Waals surface area contributed by atoms with Gasteiger partial charge in [-0.05, 0) is 12.5 Å². The third-order valence-corrected chi connectivity index (χ3v) is 5.22. The van der Waals surface area contributed by atoms with Crippen LogP contribution in [0.4, 0.5) is 5.69 Å². The number of nitrogens with zero attached hydrogens (tertiary/aromatic N) is 2. The van der Waals surface area contributed by atoms with Crippen LogP contribution in [0.25, 0.3) is 0 Å². The summed E-state index contributed by atoms with van der Waals surface area (Å²) in [7, 11) is -3.83. The van der Waals surface area contributed by atoms with Gasteiger partial charge in [0.25, 0.3) is 5.69 Å². The van der Waals surface area contributed by atoms with E-state index in [0.717, 1.165) is 22.5 Å². The van der Waals surface area contributed by atoms with E-state index < -0.39 is 21.1 Å². The summed E-state index contributed by atoms with van der Waals surface area (Å²) >= 11 is 5.80. The molecule has 19 heavy (non-hydrogen) atoms. The smallest absolute Gasteiger partial charge is 0.271 e. The Bertz CT molecular complexity index is 618. The van der Waals surface area contributed by atoms with Crippen molar-refractivity contribution < 1.29 is 18.4 Å². The Hall–Kier alpha value is -1.22. The first-order valence-electron chi connectivity index (χ1n) is 5.44. The van der Waals surface area contributed by atoms with E-state index in [1.54, 1.807) is 0 Å². The van der Waals surface area contributed by atoms with E-state index in [9.17, 15) is 23.6 Å². The number of sulfonamides is 1. The van der Waals surface area contributed by atoms with Gasteiger partial charge < -0.3 is 5.11 Å². The molecule has 7 nitrogen and oxygen atoms in total. The van der Waals surface area contributed by atoms with Crippen molar-refractivity contribution in [2.45, 2.75) is 17.4 Å². The largest absolute Gasteiger partial charge is 0.392 e. The minimum atomic E-state index is -3.83. The average molecular weight is 307 g/mol. The molecule has 1 saturated heterocycles. The van der Waals surface area contributed by atoms with Crippen molar-refractivity contribution in [1.29, 1.82) is 0 Å². The summed E-state index contributed by atoms with van der Waals surface area (Å²) in [5.41, 5.74) is -0.273. The summed E-state index contributed by atoms with van der Waals surface area (Å²) in [6, 6.07) is 3.20. The molecule has 0 saturated carbocycles. The molecule has 0 spiro atoms. The molecule has 1 atom stereocenters. The van der Waals surface area contributed by atoms with Crippen LogP contribution in [0.15, 0.2) is 23.1 Å². The SMILES string of the molecule is O=[N+]([O-])c1ccc(S(=O)(=O)N2CCC(O)C2)c(Cl)c1. The lowest BCUT2D eigenvalue weighted by Crippen LogP contribution is -2.29. The minimum Gasteiger partial charge on any atom is -0.392 e. The van der Waals surface area contributed by atoms with Crippen LogP contribution >= 0.6 is 11.6 Å². The predicted molar refractivity (Wildman–Crippen MR) is 67.5 cm³/mol. The third kappa shape index (κ3) is 2.71. The highest BCUT2D eigenvalue weighted by Crippen LogP contribution is 2.30. The zero-order valence-electron chi connectivity index (χ0n) is 9.69. The average Bonchev–Trinajstić information content (AvgIpc) is 2.76. The van der Waals surface area contributed by atoms with Gasteiger partial charge in [0.15, 0.2) is 0 Å². The summed E-state index contributed by atoms with van der Waals surface area (Å²) in [5, 5.41) is 19.7. The lowest BCUT2D eigenvalue weighted by molar-refractivity contribution is -0.384. The summed E-state index contributed by atoms with van der Waals surface area (Å²) in [6.07, 6.45) is -0.323. The highest BCUT2D eigenvalue weighted by molar-refractivity contribution is 7.89. The Morgan fingerprint density at radius 2 is 2.16 bits per heavy atom. The number of hydrogen-bond acceptors (Lipinski definition) is 5. The third-order valence-electron chi connectivity index (χ3n) is 2.87. The summed E-state index contributed by atoms with van der Waals surface area (Å²) < 4.78 is 25.6. The molecule has 1 fully saturated rings. The molecule has 9 heteroatoms. The van der Waals surface area contributed by atoms with Gasteiger partial charge in [-0.25, -0.2) is 8.42 Å². The van der Waals surface area contributed by atoms with Gasteiger partial charge in [-0.15, -0.1) is 0 Å². The number of nitro groups is 1. The number of non-ortho nitro benzene ring substituents is 1. The maximum absolute atomic E-state index is 12.2. The van der Waals surface area contributed by atoms with Crippen molar-refractivity contribution in [2.75, 3.05) is 13.1 Å². The van der Waals surface area contributed by atoms with Gasteiger partial charge in [0.05, 0.1) is 16.0 Å². The predicted octanol–water partition coefficient (Wildman–Crippen LogP) is 1.00. The molecule has 1 unspecified atom stereocenters. The molecule has 1 aromatic rings. The zero-order valence-corrected chi connectivity index (χ0v) is 11.3. The van der Waals surface area contributed by atoms with Crippen LogP contribution in [-0.4, -0.2) is 41.9 Å². The lowest BCUT2D eigenvalue weighted by atomic mass is 10.3. The van der Waals surface area contributed by atoms with E-state index in [0.29, 0.717) is 6.42 Å². The van der Waals surface area contributed by atoms with Gasteiger partial charge in [0.2, 0.25) is 10.0 Å². The van der Waals surface area contributed by atoms with E-state index in [4.69, 9.17) is 11.6 Å². The van der Waals surface area contributed by atoms with Crippen LogP contribution in [0.3, 0.4) is 0 Å². The first kappa shape index (κ1) is 14.2. The molecular weight excluding hydrogens is 296 g/mol. The monoisotopic (exact) mass is 306 g/mol. The molecule has 0 bridgehead atoms. The van der Waals surface area contributed by atoms with Crippen molar-refractivity contribution in [3.63, 3.8) is 0 Å². The molecule has 0 aromatic heterocycles. The van der Waals surface area contributed by atoms with Gasteiger partial charge in [-0.3, -0.25) is 10.1 Å². The summed E-state index contributed by atoms with van der Waals surface area (Å²) in [6.45, 7) is 0.215. The number of nitro benzene ring substituents is 1. The van der Waals surface area contributed by atoms with Crippen molar-refractivity contribution in [2.24, 2.45) is 0 Å². The van der Waals surface area contributed by atoms with E-state index in [1.807, 2.05) is 0 Å². The quantitative estimate of drug-likeness (QED) is 0.663. The molecular formula is C10H11ClN2O5S. The van der Waals surface area contributed by atoms with Crippen molar-refractivity contribution in [3.05, 3.63) is 33.3 Å². The topological polar surface area (TPSA) is 101 Å².